The normalized spacial score (nSPS) is 23.7. The van der Waals surface area contributed by atoms with Crippen molar-refractivity contribution in [3.63, 3.8) is 0 Å². The lowest BCUT2D eigenvalue weighted by atomic mass is 9.79. The molecule has 0 spiro atoms. The number of morpholine rings is 1. The third-order valence-electron chi connectivity index (χ3n) is 9.82. The first-order valence-corrected chi connectivity index (χ1v) is 17.7. The van der Waals surface area contributed by atoms with Crippen LogP contribution in [0.1, 0.15) is 126 Å². The Morgan fingerprint density at radius 1 is 0.705 bits per heavy atom. The van der Waals surface area contributed by atoms with E-state index in [2.05, 4.69) is 87.6 Å². The highest BCUT2D eigenvalue weighted by molar-refractivity contribution is 5.41. The van der Waals surface area contributed by atoms with Crippen LogP contribution in [0.2, 0.25) is 0 Å². The maximum absolute atomic E-state index is 5.59. The van der Waals surface area contributed by atoms with E-state index >= 15 is 0 Å². The van der Waals surface area contributed by atoms with Crippen LogP contribution in [0.5, 0.6) is 0 Å². The highest BCUT2D eigenvalue weighted by Gasteiger charge is 2.41. The molecule has 0 saturated carbocycles. The Balaban J connectivity index is 1.35. The Labute approximate surface area is 269 Å². The molecular weight excluding hydrogens is 548 g/mol. The molecule has 9 nitrogen and oxygen atoms in total. The van der Waals surface area contributed by atoms with Crippen LogP contribution >= 0.6 is 0 Å². The van der Waals surface area contributed by atoms with Crippen LogP contribution in [-0.2, 0) is 4.74 Å². The van der Waals surface area contributed by atoms with E-state index in [-0.39, 0.29) is 22.2 Å². The van der Waals surface area contributed by atoms with Crippen LogP contribution in [0.3, 0.4) is 0 Å². The summed E-state index contributed by atoms with van der Waals surface area (Å²) in [5.74, 6) is 2.45. The highest BCUT2D eigenvalue weighted by Crippen LogP contribution is 2.34. The Morgan fingerprint density at radius 2 is 1.20 bits per heavy atom. The van der Waals surface area contributed by atoms with Crippen LogP contribution in [-0.4, -0.2) is 100 Å². The van der Waals surface area contributed by atoms with E-state index in [4.69, 9.17) is 19.7 Å². The zero-order valence-electron chi connectivity index (χ0n) is 30.1. The second kappa shape index (κ2) is 14.5. The molecule has 3 saturated heterocycles. The zero-order chi connectivity index (χ0) is 32.2. The second-order valence-electron chi connectivity index (χ2n) is 16.6. The lowest BCUT2D eigenvalue weighted by Crippen LogP contribution is -2.62. The van der Waals surface area contributed by atoms with Gasteiger partial charge in [0, 0.05) is 53.9 Å². The fraction of sp³-hybridized carbons (Fsp3) is 0.914. The number of nitrogens with zero attached hydrogens (tertiary/aromatic N) is 6. The zero-order valence-corrected chi connectivity index (χ0v) is 30.1. The minimum absolute atomic E-state index is 0.0593. The van der Waals surface area contributed by atoms with E-state index in [1.807, 2.05) is 6.92 Å². The summed E-state index contributed by atoms with van der Waals surface area (Å²) >= 11 is 0. The summed E-state index contributed by atoms with van der Waals surface area (Å²) in [6, 6.07) is 1.06. The molecule has 0 amide bonds. The van der Waals surface area contributed by atoms with Crippen molar-refractivity contribution in [1.82, 2.24) is 30.5 Å². The van der Waals surface area contributed by atoms with Gasteiger partial charge in [0.15, 0.2) is 0 Å². The van der Waals surface area contributed by atoms with Gasteiger partial charge in [-0.1, -0.05) is 26.2 Å². The number of hydrogen-bond donors (Lipinski definition) is 2. The molecule has 44 heavy (non-hydrogen) atoms. The van der Waals surface area contributed by atoms with Crippen molar-refractivity contribution in [1.29, 1.82) is 0 Å². The Kier molecular flexibility index (Phi) is 11.6. The molecule has 9 heteroatoms. The quantitative estimate of drug-likeness (QED) is 0.272. The van der Waals surface area contributed by atoms with Gasteiger partial charge in [0.1, 0.15) is 5.82 Å². The summed E-state index contributed by atoms with van der Waals surface area (Å²) in [6.07, 6.45) is 10.9. The number of anilines is 2. The minimum Gasteiger partial charge on any atom is -0.378 e. The average molecular weight is 615 g/mol. The van der Waals surface area contributed by atoms with Crippen molar-refractivity contribution in [2.24, 2.45) is 0 Å². The van der Waals surface area contributed by atoms with Gasteiger partial charge in [0.05, 0.1) is 13.2 Å². The molecule has 3 aliphatic rings. The number of nitrogens with one attached hydrogen (secondary N) is 2. The van der Waals surface area contributed by atoms with Crippen molar-refractivity contribution < 1.29 is 4.74 Å². The van der Waals surface area contributed by atoms with E-state index in [0.29, 0.717) is 12.1 Å². The molecule has 1 aromatic rings. The second-order valence-corrected chi connectivity index (χ2v) is 16.6. The first kappa shape index (κ1) is 35.3. The molecule has 1 aromatic heterocycles. The summed E-state index contributed by atoms with van der Waals surface area (Å²) in [7, 11) is 0. The number of aromatic nitrogens is 3. The Hall–Kier alpha value is -1.55. The molecule has 4 heterocycles. The van der Waals surface area contributed by atoms with E-state index < -0.39 is 0 Å². The van der Waals surface area contributed by atoms with Gasteiger partial charge in [-0.3, -0.25) is 0 Å². The number of piperidine rings is 2. The molecule has 3 fully saturated rings. The molecule has 0 bridgehead atoms. The van der Waals surface area contributed by atoms with Gasteiger partial charge in [-0.25, -0.2) is 0 Å². The van der Waals surface area contributed by atoms with Crippen molar-refractivity contribution >= 4 is 11.9 Å². The smallest absolute Gasteiger partial charge is 0.230 e. The third kappa shape index (κ3) is 10.2. The molecule has 3 aliphatic heterocycles. The predicted molar refractivity (Wildman–Crippen MR) is 184 cm³/mol. The van der Waals surface area contributed by atoms with Crippen molar-refractivity contribution in [3.05, 3.63) is 5.82 Å². The maximum Gasteiger partial charge on any atom is 0.230 e. The topological polar surface area (TPSA) is 81.7 Å². The fourth-order valence-corrected chi connectivity index (χ4v) is 8.67. The summed E-state index contributed by atoms with van der Waals surface area (Å²) in [5, 5.41) is 7.72. The SMILES string of the molecule is CCN(CCCCCCCN(c1nc(C)nc(N2CCOCC2)n1)C1CC(C)(C)NC(C)(C)C1)C1CC(C)(C)NC(C)(C)C1. The lowest BCUT2D eigenvalue weighted by molar-refractivity contribution is 0.0681. The van der Waals surface area contributed by atoms with Crippen molar-refractivity contribution in [2.45, 2.75) is 161 Å². The highest BCUT2D eigenvalue weighted by atomic mass is 16.5. The largest absolute Gasteiger partial charge is 0.378 e. The molecule has 0 atom stereocenters. The molecule has 0 aromatic carbocycles. The summed E-state index contributed by atoms with van der Waals surface area (Å²) < 4.78 is 5.59. The maximum atomic E-state index is 5.59. The summed E-state index contributed by atoms with van der Waals surface area (Å²) in [6.45, 7) is 29.6. The fourth-order valence-electron chi connectivity index (χ4n) is 8.67. The number of hydrogen-bond acceptors (Lipinski definition) is 9. The van der Waals surface area contributed by atoms with Crippen LogP contribution in [0.25, 0.3) is 0 Å². The summed E-state index contributed by atoms with van der Waals surface area (Å²) in [5.41, 5.74) is 0.517. The van der Waals surface area contributed by atoms with Crippen LogP contribution in [0.15, 0.2) is 0 Å². The van der Waals surface area contributed by atoms with E-state index in [9.17, 15) is 0 Å². The summed E-state index contributed by atoms with van der Waals surface area (Å²) in [4.78, 5) is 22.3. The molecule has 252 valence electrons. The first-order chi connectivity index (χ1) is 20.6. The van der Waals surface area contributed by atoms with E-state index in [1.165, 1.54) is 45.1 Å². The number of ether oxygens (including phenoxy) is 1. The van der Waals surface area contributed by atoms with Gasteiger partial charge >= 0.3 is 0 Å². The monoisotopic (exact) mass is 615 g/mol. The number of unbranched alkanes of at least 4 members (excludes halogenated alkanes) is 4. The Bertz CT molecular complexity index is 1020. The van der Waals surface area contributed by atoms with Gasteiger partial charge in [-0.05, 0) is 114 Å². The standard InChI is InChI=1S/C35H66N8O/c1-11-41(28-23-32(3,4)39-33(5,6)24-28)17-15-13-12-14-16-18-43(29-25-34(7,8)40-35(9,10)26-29)31-37-27(2)36-30(38-31)42-19-21-44-22-20-42/h28-29,39-40H,11-26H2,1-10H3. The molecule has 2 N–H and O–H groups in total. The predicted octanol–water partition coefficient (Wildman–Crippen LogP) is 5.71. The molecule has 0 unspecified atom stereocenters. The van der Waals surface area contributed by atoms with Crippen LogP contribution < -0.4 is 20.4 Å². The third-order valence-corrected chi connectivity index (χ3v) is 9.82. The molecule has 0 radical (unpaired) electrons. The van der Waals surface area contributed by atoms with Gasteiger partial charge in [-0.2, -0.15) is 15.0 Å². The van der Waals surface area contributed by atoms with Gasteiger partial charge in [0.2, 0.25) is 11.9 Å². The van der Waals surface area contributed by atoms with Crippen molar-refractivity contribution in [3.8, 4) is 0 Å². The van der Waals surface area contributed by atoms with Gasteiger partial charge < -0.3 is 30.1 Å². The average Bonchev–Trinajstić information content (AvgIpc) is 2.89. The Morgan fingerprint density at radius 3 is 1.75 bits per heavy atom. The number of aryl methyl sites for hydroxylation is 1. The van der Waals surface area contributed by atoms with Crippen molar-refractivity contribution in [2.75, 3.05) is 55.7 Å². The number of rotatable bonds is 13. The molecule has 4 rings (SSSR count). The molecule has 0 aliphatic carbocycles. The van der Waals surface area contributed by atoms with Crippen LogP contribution in [0.4, 0.5) is 11.9 Å². The van der Waals surface area contributed by atoms with Gasteiger partial charge in [-0.15, -0.1) is 0 Å². The van der Waals surface area contributed by atoms with E-state index in [1.54, 1.807) is 0 Å². The van der Waals surface area contributed by atoms with E-state index in [0.717, 1.165) is 76.4 Å². The molecular formula is C35H66N8O. The lowest BCUT2D eigenvalue weighted by Gasteiger charge is -2.49. The van der Waals surface area contributed by atoms with Crippen LogP contribution in [0, 0.1) is 6.92 Å². The van der Waals surface area contributed by atoms with Gasteiger partial charge in [0.25, 0.3) is 0 Å². The minimum atomic E-state index is 0.0593. The first-order valence-electron chi connectivity index (χ1n) is 17.7.